The standard InChI is InChI=1S/C22H14N2O11S2/c25-21(26)13-7-9-17(10-8-13)37(32,33)35-19-6-1-3-14-11-18(22(27)34-20(14)19)23(36(30)31)15-4-2-5-16(12-15)24(28)29/h1-12,36H,(H,25,26). The van der Waals surface area contributed by atoms with Crippen molar-refractivity contribution in [3.8, 4) is 5.75 Å². The SMILES string of the molecule is O=C(O)c1ccc(S(=O)(=O)Oc2cccc3cc(N(c4cccc([N+](=O)[O-])c4)[SH](=O)=O)c(=O)oc23)cc1. The molecule has 190 valence electrons. The predicted octanol–water partition coefficient (Wildman–Crippen LogP) is 2.83. The highest BCUT2D eigenvalue weighted by atomic mass is 32.2. The van der Waals surface area contributed by atoms with Crippen molar-refractivity contribution < 1.29 is 40.3 Å². The van der Waals surface area contributed by atoms with Gasteiger partial charge in [-0.3, -0.25) is 10.1 Å². The lowest BCUT2D eigenvalue weighted by molar-refractivity contribution is -0.384. The summed E-state index contributed by atoms with van der Waals surface area (Å²) < 4.78 is 60.3. The van der Waals surface area contributed by atoms with Crippen LogP contribution in [-0.2, 0) is 21.0 Å². The van der Waals surface area contributed by atoms with Crippen molar-refractivity contribution in [1.29, 1.82) is 0 Å². The fourth-order valence-corrected chi connectivity index (χ4v) is 4.87. The number of hydrogen-bond donors (Lipinski definition) is 2. The molecule has 0 spiro atoms. The predicted molar refractivity (Wildman–Crippen MR) is 129 cm³/mol. The van der Waals surface area contributed by atoms with Gasteiger partial charge in [-0.25, -0.2) is 22.3 Å². The fourth-order valence-electron chi connectivity index (χ4n) is 3.31. The first kappa shape index (κ1) is 25.3. The molecule has 0 atom stereocenters. The van der Waals surface area contributed by atoms with Gasteiger partial charge in [-0.05, 0) is 42.5 Å². The summed E-state index contributed by atoms with van der Waals surface area (Å²) in [6.45, 7) is 0. The van der Waals surface area contributed by atoms with Gasteiger partial charge in [0.1, 0.15) is 10.6 Å². The molecular weight excluding hydrogens is 532 g/mol. The minimum Gasteiger partial charge on any atom is -0.478 e. The zero-order valence-electron chi connectivity index (χ0n) is 18.2. The van der Waals surface area contributed by atoms with Gasteiger partial charge in [0, 0.05) is 17.5 Å². The van der Waals surface area contributed by atoms with Crippen molar-refractivity contribution in [1.82, 2.24) is 0 Å². The molecule has 37 heavy (non-hydrogen) atoms. The second-order valence-electron chi connectivity index (χ2n) is 7.29. The van der Waals surface area contributed by atoms with E-state index in [2.05, 4.69) is 0 Å². The zero-order valence-corrected chi connectivity index (χ0v) is 19.9. The highest BCUT2D eigenvalue weighted by molar-refractivity contribution is 7.87. The van der Waals surface area contributed by atoms with E-state index in [0.717, 1.165) is 42.5 Å². The Kier molecular flexibility index (Phi) is 6.65. The van der Waals surface area contributed by atoms with Crippen LogP contribution in [0.2, 0.25) is 0 Å². The highest BCUT2D eigenvalue weighted by Crippen LogP contribution is 2.32. The maximum atomic E-state index is 12.8. The summed E-state index contributed by atoms with van der Waals surface area (Å²) in [4.78, 5) is 33.8. The Hall–Kier alpha value is -4.76. The third-order valence-electron chi connectivity index (χ3n) is 4.97. The normalized spacial score (nSPS) is 11.4. The van der Waals surface area contributed by atoms with Crippen LogP contribution in [-0.4, -0.2) is 32.8 Å². The summed E-state index contributed by atoms with van der Waals surface area (Å²) in [5, 5.41) is 20.1. The van der Waals surface area contributed by atoms with Crippen molar-refractivity contribution in [2.24, 2.45) is 0 Å². The van der Waals surface area contributed by atoms with E-state index in [1.165, 1.54) is 30.3 Å². The van der Waals surface area contributed by atoms with Crippen LogP contribution in [0.5, 0.6) is 5.75 Å². The number of carboxylic acids is 1. The minimum atomic E-state index is -4.48. The van der Waals surface area contributed by atoms with Crippen molar-refractivity contribution in [2.45, 2.75) is 4.90 Å². The van der Waals surface area contributed by atoms with Crippen LogP contribution < -0.4 is 14.1 Å². The number of nitro benzene ring substituents is 1. The number of nitrogens with zero attached hydrogens (tertiary/aromatic N) is 2. The monoisotopic (exact) mass is 546 g/mol. The number of fused-ring (bicyclic) bond motifs is 1. The second-order valence-corrected chi connectivity index (χ2v) is 9.71. The largest absolute Gasteiger partial charge is 0.478 e. The molecule has 0 saturated heterocycles. The number of para-hydroxylation sites is 1. The van der Waals surface area contributed by atoms with Crippen LogP contribution in [0.1, 0.15) is 10.4 Å². The lowest BCUT2D eigenvalue weighted by Gasteiger charge is -2.17. The number of anilines is 2. The number of non-ortho nitro benzene ring substituents is 1. The van der Waals surface area contributed by atoms with Gasteiger partial charge in [-0.15, -0.1) is 0 Å². The van der Waals surface area contributed by atoms with E-state index in [1.54, 1.807) is 0 Å². The molecule has 0 fully saturated rings. The van der Waals surface area contributed by atoms with E-state index in [9.17, 15) is 36.5 Å². The van der Waals surface area contributed by atoms with Crippen LogP contribution in [0.3, 0.4) is 0 Å². The molecule has 0 bridgehead atoms. The summed E-state index contributed by atoms with van der Waals surface area (Å²) in [5.74, 6) is -1.65. The fraction of sp³-hybridized carbons (Fsp3) is 0. The molecule has 0 saturated carbocycles. The summed E-state index contributed by atoms with van der Waals surface area (Å²) in [5.41, 5.74) is -2.78. The number of rotatable bonds is 8. The van der Waals surface area contributed by atoms with Crippen LogP contribution in [0.4, 0.5) is 17.1 Å². The van der Waals surface area contributed by atoms with Gasteiger partial charge in [0.2, 0.25) is 10.9 Å². The molecule has 1 N–H and O–H groups in total. The van der Waals surface area contributed by atoms with E-state index >= 15 is 0 Å². The van der Waals surface area contributed by atoms with E-state index < -0.39 is 54.7 Å². The summed E-state index contributed by atoms with van der Waals surface area (Å²) in [7, 11) is -7.99. The summed E-state index contributed by atoms with van der Waals surface area (Å²) in [6.07, 6.45) is 0. The lowest BCUT2D eigenvalue weighted by Crippen LogP contribution is -2.21. The average Bonchev–Trinajstić information content (AvgIpc) is 2.85. The molecule has 15 heteroatoms. The maximum Gasteiger partial charge on any atom is 0.361 e. The molecule has 0 radical (unpaired) electrons. The molecule has 0 unspecified atom stereocenters. The van der Waals surface area contributed by atoms with Gasteiger partial charge in [0.05, 0.1) is 16.2 Å². The lowest BCUT2D eigenvalue weighted by atomic mass is 10.2. The van der Waals surface area contributed by atoms with Gasteiger partial charge in [-0.1, -0.05) is 18.2 Å². The number of aromatic carboxylic acids is 1. The van der Waals surface area contributed by atoms with Crippen molar-refractivity contribution in [2.75, 3.05) is 4.31 Å². The third kappa shape index (κ3) is 5.12. The van der Waals surface area contributed by atoms with E-state index in [0.29, 0.717) is 4.31 Å². The smallest absolute Gasteiger partial charge is 0.361 e. The third-order valence-corrected chi connectivity index (χ3v) is 6.99. The Labute approximate surface area is 209 Å². The van der Waals surface area contributed by atoms with Crippen molar-refractivity contribution in [3.05, 3.63) is 98.9 Å². The van der Waals surface area contributed by atoms with Crippen LogP contribution in [0, 0.1) is 10.1 Å². The molecule has 0 aliphatic heterocycles. The number of thiol groups is 1. The number of nitro groups is 1. The van der Waals surface area contributed by atoms with Crippen molar-refractivity contribution in [3.63, 3.8) is 0 Å². The quantitative estimate of drug-likeness (QED) is 0.109. The Bertz CT molecular complexity index is 1790. The van der Waals surface area contributed by atoms with Gasteiger partial charge >= 0.3 is 21.7 Å². The topological polar surface area (TPSA) is 191 Å². The first-order valence-electron chi connectivity index (χ1n) is 10.0. The van der Waals surface area contributed by atoms with Crippen LogP contribution in [0.15, 0.2) is 86.9 Å². The first-order chi connectivity index (χ1) is 17.5. The molecule has 4 rings (SSSR count). The zero-order chi connectivity index (χ0) is 26.9. The summed E-state index contributed by atoms with van der Waals surface area (Å²) >= 11 is 0. The first-order valence-corrected chi connectivity index (χ1v) is 12.6. The Morgan fingerprint density at radius 2 is 1.70 bits per heavy atom. The number of carbonyl (C=O) groups is 1. The van der Waals surface area contributed by atoms with E-state index in [1.807, 2.05) is 0 Å². The molecule has 0 aliphatic rings. The highest BCUT2D eigenvalue weighted by Gasteiger charge is 2.23. The average molecular weight is 546 g/mol. The minimum absolute atomic E-state index is 0.0794. The Morgan fingerprint density at radius 3 is 2.32 bits per heavy atom. The van der Waals surface area contributed by atoms with Crippen molar-refractivity contribution >= 4 is 55.0 Å². The summed E-state index contributed by atoms with van der Waals surface area (Å²) in [6, 6.07) is 13.8. The van der Waals surface area contributed by atoms with Crippen LogP contribution in [0.25, 0.3) is 11.0 Å². The van der Waals surface area contributed by atoms with Gasteiger partial charge in [-0.2, -0.15) is 8.42 Å². The number of carboxylic acid groups (broad SMARTS) is 1. The Morgan fingerprint density at radius 1 is 1.03 bits per heavy atom. The second kappa shape index (κ2) is 9.71. The maximum absolute atomic E-state index is 12.8. The molecule has 1 heterocycles. The molecular formula is C22H14N2O11S2. The molecule has 4 aromatic rings. The molecule has 0 amide bonds. The van der Waals surface area contributed by atoms with E-state index in [-0.39, 0.29) is 27.1 Å². The van der Waals surface area contributed by atoms with Gasteiger partial charge in [0.25, 0.3) is 5.69 Å². The number of hydrogen-bond acceptors (Lipinski definition) is 10. The molecule has 13 nitrogen and oxygen atoms in total. The number of benzene rings is 3. The molecule has 3 aromatic carbocycles. The van der Waals surface area contributed by atoms with E-state index in [4.69, 9.17) is 13.7 Å². The Balaban J connectivity index is 1.78. The van der Waals surface area contributed by atoms with Crippen LogP contribution >= 0.6 is 0 Å². The van der Waals surface area contributed by atoms with Gasteiger partial charge < -0.3 is 13.7 Å². The van der Waals surface area contributed by atoms with Gasteiger partial charge in [0.15, 0.2) is 11.3 Å². The molecule has 0 aliphatic carbocycles. The molecule has 1 aromatic heterocycles.